The summed E-state index contributed by atoms with van der Waals surface area (Å²) in [4.78, 5) is 2.49. The molecule has 1 nitrogen and oxygen atoms in total. The lowest BCUT2D eigenvalue weighted by Crippen LogP contribution is -2.38. The van der Waals surface area contributed by atoms with Crippen LogP contribution in [0.25, 0.3) is 0 Å². The van der Waals surface area contributed by atoms with Crippen molar-refractivity contribution in [2.45, 2.75) is 38.1 Å². The van der Waals surface area contributed by atoms with Gasteiger partial charge in [-0.2, -0.15) is 0 Å². The minimum Gasteiger partial charge on any atom is -0.366 e. The fraction of sp³-hybridized carbons (Fsp3) is 0.538. The summed E-state index contributed by atoms with van der Waals surface area (Å²) >= 11 is 5.78. The van der Waals surface area contributed by atoms with E-state index in [0.717, 1.165) is 0 Å². The lowest BCUT2D eigenvalue weighted by molar-refractivity contribution is 0.518. The summed E-state index contributed by atoms with van der Waals surface area (Å²) in [6, 6.07) is 8.61. The maximum Gasteiger partial charge on any atom is 0.0474 e. The molecule has 0 saturated carbocycles. The first-order valence-corrected chi connectivity index (χ1v) is 6.09. The second kappa shape index (κ2) is 4.05. The van der Waals surface area contributed by atoms with E-state index in [1.807, 2.05) is 0 Å². The summed E-state index contributed by atoms with van der Waals surface area (Å²) in [5, 5.41) is 0. The van der Waals surface area contributed by atoms with Gasteiger partial charge in [0.15, 0.2) is 0 Å². The van der Waals surface area contributed by atoms with Crippen LogP contribution in [0.3, 0.4) is 0 Å². The predicted octanol–water partition coefficient (Wildman–Crippen LogP) is 3.80. The summed E-state index contributed by atoms with van der Waals surface area (Å²) < 4.78 is 0. The van der Waals surface area contributed by atoms with Gasteiger partial charge in [-0.25, -0.2) is 0 Å². The van der Waals surface area contributed by atoms with Gasteiger partial charge in [0.2, 0.25) is 0 Å². The maximum atomic E-state index is 5.78. The van der Waals surface area contributed by atoms with Gasteiger partial charge < -0.3 is 4.90 Å². The number of rotatable bonds is 2. The van der Waals surface area contributed by atoms with Gasteiger partial charge in [0, 0.05) is 23.7 Å². The van der Waals surface area contributed by atoms with Crippen LogP contribution in [-0.4, -0.2) is 12.1 Å². The molecular weight excluding hydrogens is 206 g/mol. The third kappa shape index (κ3) is 2.12. The number of hydrogen-bond acceptors (Lipinski definition) is 1. The molecule has 1 aliphatic heterocycles. The number of nitrogens with zero attached hydrogens (tertiary/aromatic N) is 1. The van der Waals surface area contributed by atoms with Gasteiger partial charge >= 0.3 is 0 Å². The van der Waals surface area contributed by atoms with Crippen LogP contribution in [0.15, 0.2) is 24.3 Å². The van der Waals surface area contributed by atoms with Crippen LogP contribution in [0.4, 0.5) is 5.69 Å². The fourth-order valence-corrected chi connectivity index (χ4v) is 2.53. The van der Waals surface area contributed by atoms with Crippen molar-refractivity contribution in [3.63, 3.8) is 0 Å². The van der Waals surface area contributed by atoms with Crippen LogP contribution in [-0.2, 0) is 5.88 Å². The van der Waals surface area contributed by atoms with E-state index in [4.69, 9.17) is 11.6 Å². The Bertz CT molecular complexity index is 329. The lowest BCUT2D eigenvalue weighted by Gasteiger charge is -2.33. The maximum absolute atomic E-state index is 5.78. The Balaban J connectivity index is 2.22. The second-order valence-electron chi connectivity index (χ2n) is 4.87. The normalized spacial score (nSPS) is 19.5. The Labute approximate surface area is 97.0 Å². The number of benzene rings is 1. The van der Waals surface area contributed by atoms with Crippen molar-refractivity contribution in [2.75, 3.05) is 11.4 Å². The van der Waals surface area contributed by atoms with Crippen molar-refractivity contribution < 1.29 is 0 Å². The molecule has 15 heavy (non-hydrogen) atoms. The quantitative estimate of drug-likeness (QED) is 0.690. The number of anilines is 1. The van der Waals surface area contributed by atoms with E-state index in [0.29, 0.717) is 11.4 Å². The van der Waals surface area contributed by atoms with Crippen LogP contribution in [0, 0.1) is 0 Å². The fourth-order valence-electron chi connectivity index (χ4n) is 2.35. The third-order valence-corrected chi connectivity index (χ3v) is 3.61. The molecule has 0 N–H and O–H groups in total. The Morgan fingerprint density at radius 2 is 1.93 bits per heavy atom. The van der Waals surface area contributed by atoms with Gasteiger partial charge in [0.05, 0.1) is 0 Å². The number of alkyl halides is 1. The smallest absolute Gasteiger partial charge is 0.0474 e. The van der Waals surface area contributed by atoms with Gasteiger partial charge in [-0.15, -0.1) is 11.6 Å². The van der Waals surface area contributed by atoms with Crippen LogP contribution in [0.1, 0.15) is 32.3 Å². The van der Waals surface area contributed by atoms with Crippen LogP contribution >= 0.6 is 11.6 Å². The van der Waals surface area contributed by atoms with E-state index < -0.39 is 0 Å². The molecule has 82 valence electrons. The van der Waals surface area contributed by atoms with E-state index in [2.05, 4.69) is 43.0 Å². The molecule has 0 atom stereocenters. The standard InChI is InChI=1S/C13H18ClN/c1-13(2)8-3-9-15(13)12-6-4-11(10-14)5-7-12/h4-7H,3,8-10H2,1-2H3. The lowest BCUT2D eigenvalue weighted by atomic mass is 10.0. The van der Waals surface area contributed by atoms with Gasteiger partial charge in [-0.3, -0.25) is 0 Å². The first-order chi connectivity index (χ1) is 7.13. The van der Waals surface area contributed by atoms with Crippen molar-refractivity contribution in [1.82, 2.24) is 0 Å². The second-order valence-corrected chi connectivity index (χ2v) is 5.13. The molecule has 1 aromatic carbocycles. The highest BCUT2D eigenvalue weighted by atomic mass is 35.5. The molecule has 0 aromatic heterocycles. The molecule has 0 amide bonds. The van der Waals surface area contributed by atoms with Crippen molar-refractivity contribution in [1.29, 1.82) is 0 Å². The zero-order valence-corrected chi connectivity index (χ0v) is 10.2. The molecule has 1 heterocycles. The van der Waals surface area contributed by atoms with Gasteiger partial charge in [0.25, 0.3) is 0 Å². The zero-order chi connectivity index (χ0) is 10.9. The summed E-state index contributed by atoms with van der Waals surface area (Å²) in [6.45, 7) is 5.80. The SMILES string of the molecule is CC1(C)CCCN1c1ccc(CCl)cc1. The topological polar surface area (TPSA) is 3.24 Å². The van der Waals surface area contributed by atoms with Crippen LogP contribution in [0.5, 0.6) is 0 Å². The Morgan fingerprint density at radius 1 is 1.27 bits per heavy atom. The van der Waals surface area contributed by atoms with Gasteiger partial charge in [0.1, 0.15) is 0 Å². The first-order valence-electron chi connectivity index (χ1n) is 5.56. The largest absolute Gasteiger partial charge is 0.366 e. The summed E-state index contributed by atoms with van der Waals surface area (Å²) in [5.41, 5.74) is 2.83. The van der Waals surface area contributed by atoms with Gasteiger partial charge in [-0.1, -0.05) is 12.1 Å². The third-order valence-electron chi connectivity index (χ3n) is 3.30. The predicted molar refractivity (Wildman–Crippen MR) is 66.7 cm³/mol. The van der Waals surface area contributed by atoms with E-state index in [1.54, 1.807) is 0 Å². The van der Waals surface area contributed by atoms with Crippen LogP contribution in [0.2, 0.25) is 0 Å². The van der Waals surface area contributed by atoms with Gasteiger partial charge in [-0.05, 0) is 44.4 Å². The van der Waals surface area contributed by atoms with Crippen LogP contribution < -0.4 is 4.90 Å². The molecule has 1 aliphatic rings. The average molecular weight is 224 g/mol. The molecular formula is C13H18ClN. The molecule has 2 rings (SSSR count). The molecule has 1 saturated heterocycles. The monoisotopic (exact) mass is 223 g/mol. The van der Waals surface area contributed by atoms with Crippen molar-refractivity contribution >= 4 is 17.3 Å². The van der Waals surface area contributed by atoms with E-state index in [-0.39, 0.29) is 0 Å². The molecule has 1 fully saturated rings. The average Bonchev–Trinajstić information content (AvgIpc) is 2.58. The Morgan fingerprint density at radius 3 is 2.40 bits per heavy atom. The molecule has 0 radical (unpaired) electrons. The highest BCUT2D eigenvalue weighted by molar-refractivity contribution is 6.17. The number of halogens is 1. The number of hydrogen-bond donors (Lipinski definition) is 0. The molecule has 1 aromatic rings. The minimum absolute atomic E-state index is 0.308. The first kappa shape index (κ1) is 10.8. The van der Waals surface area contributed by atoms with E-state index >= 15 is 0 Å². The summed E-state index contributed by atoms with van der Waals surface area (Å²) in [5.74, 6) is 0.601. The molecule has 2 heteroatoms. The zero-order valence-electron chi connectivity index (χ0n) is 9.46. The Hall–Kier alpha value is -0.690. The minimum atomic E-state index is 0.308. The van der Waals surface area contributed by atoms with Crippen molar-refractivity contribution in [2.24, 2.45) is 0 Å². The Kier molecular flexibility index (Phi) is 2.92. The van der Waals surface area contributed by atoms with Crippen molar-refractivity contribution in [3.05, 3.63) is 29.8 Å². The molecule has 0 bridgehead atoms. The summed E-state index contributed by atoms with van der Waals surface area (Å²) in [6.07, 6.45) is 2.58. The van der Waals surface area contributed by atoms with E-state index in [9.17, 15) is 0 Å². The van der Waals surface area contributed by atoms with Crippen molar-refractivity contribution in [3.8, 4) is 0 Å². The highest BCUT2D eigenvalue weighted by Gasteiger charge is 2.31. The molecule has 0 unspecified atom stereocenters. The molecule has 0 aliphatic carbocycles. The highest BCUT2D eigenvalue weighted by Crippen LogP contribution is 2.33. The molecule has 0 spiro atoms. The van der Waals surface area contributed by atoms with E-state index in [1.165, 1.54) is 30.6 Å². The summed E-state index contributed by atoms with van der Waals surface area (Å²) in [7, 11) is 0.